The highest BCUT2D eigenvalue weighted by atomic mass is 19.1. The molecule has 0 saturated heterocycles. The van der Waals surface area contributed by atoms with Crippen LogP contribution in [0.4, 0.5) is 10.2 Å². The lowest BCUT2D eigenvalue weighted by Crippen LogP contribution is -2.51. The van der Waals surface area contributed by atoms with Crippen molar-refractivity contribution >= 4 is 33.7 Å². The lowest BCUT2D eigenvalue weighted by atomic mass is 9.61. The Hall–Kier alpha value is -3.75. The van der Waals surface area contributed by atoms with Crippen LogP contribution in [0.3, 0.4) is 0 Å². The Morgan fingerprint density at radius 3 is 2.71 bits per heavy atom. The molecular weight excluding hydrogens is 437 g/mol. The molecule has 3 fully saturated rings. The van der Waals surface area contributed by atoms with Crippen molar-refractivity contribution in [2.45, 2.75) is 31.7 Å². The van der Waals surface area contributed by atoms with Gasteiger partial charge in [-0.2, -0.15) is 0 Å². The van der Waals surface area contributed by atoms with E-state index in [1.165, 1.54) is 6.07 Å². The van der Waals surface area contributed by atoms with Crippen LogP contribution in [-0.2, 0) is 4.79 Å². The SMILES string of the molecule is COc1ccc2c(NC3C4CCC(CC4)C3C(=O)O)nc(-c3c[nH]c4ncc(F)cc34)nc2c1. The first-order valence-electron chi connectivity index (χ1n) is 11.5. The Morgan fingerprint density at radius 1 is 1.15 bits per heavy atom. The molecule has 4 aromatic rings. The second-order valence-electron chi connectivity index (χ2n) is 9.24. The van der Waals surface area contributed by atoms with E-state index in [1.807, 2.05) is 18.2 Å². The molecule has 3 N–H and O–H groups in total. The molecule has 7 rings (SSSR count). The van der Waals surface area contributed by atoms with Gasteiger partial charge in [0.15, 0.2) is 5.82 Å². The van der Waals surface area contributed by atoms with Gasteiger partial charge in [0.05, 0.1) is 24.7 Å². The van der Waals surface area contributed by atoms with Crippen LogP contribution in [-0.4, -0.2) is 44.2 Å². The maximum absolute atomic E-state index is 14.0. The lowest BCUT2D eigenvalue weighted by Gasteiger charge is -2.47. The highest BCUT2D eigenvalue weighted by Gasteiger charge is 2.47. The van der Waals surface area contributed by atoms with Gasteiger partial charge in [-0.1, -0.05) is 0 Å². The van der Waals surface area contributed by atoms with E-state index in [-0.39, 0.29) is 17.9 Å². The molecule has 8 nitrogen and oxygen atoms in total. The van der Waals surface area contributed by atoms with E-state index in [0.717, 1.165) is 37.3 Å². The van der Waals surface area contributed by atoms with Crippen molar-refractivity contribution in [1.82, 2.24) is 19.9 Å². The molecule has 2 unspecified atom stereocenters. The fraction of sp³-hybridized carbons (Fsp3) is 0.360. The van der Waals surface area contributed by atoms with Crippen LogP contribution in [0.2, 0.25) is 0 Å². The number of halogens is 1. The van der Waals surface area contributed by atoms with E-state index in [4.69, 9.17) is 14.7 Å². The number of H-pyrrole nitrogens is 1. The first kappa shape index (κ1) is 20.8. The molecule has 34 heavy (non-hydrogen) atoms. The lowest BCUT2D eigenvalue weighted by molar-refractivity contribution is -0.148. The minimum Gasteiger partial charge on any atom is -0.497 e. The van der Waals surface area contributed by atoms with Crippen molar-refractivity contribution < 1.29 is 19.0 Å². The van der Waals surface area contributed by atoms with E-state index in [9.17, 15) is 14.3 Å². The number of aromatic nitrogens is 4. The van der Waals surface area contributed by atoms with Crippen molar-refractivity contribution in [2.75, 3.05) is 12.4 Å². The summed E-state index contributed by atoms with van der Waals surface area (Å²) in [4.78, 5) is 28.9. The van der Waals surface area contributed by atoms with Crippen LogP contribution >= 0.6 is 0 Å². The van der Waals surface area contributed by atoms with Gasteiger partial charge in [-0.3, -0.25) is 4.79 Å². The smallest absolute Gasteiger partial charge is 0.308 e. The number of aliphatic carboxylic acids is 1. The molecule has 3 aliphatic carbocycles. The van der Waals surface area contributed by atoms with E-state index >= 15 is 0 Å². The molecular formula is C25H24FN5O3. The topological polar surface area (TPSA) is 113 Å². The van der Waals surface area contributed by atoms with Crippen molar-refractivity contribution in [1.29, 1.82) is 0 Å². The standard InChI is InChI=1S/C25H24FN5O3/c1-34-15-6-7-16-19(9-15)29-24(18-11-28-22-17(18)8-14(26)10-27-22)31-23(16)30-21-13-4-2-12(3-5-13)20(21)25(32)33/h6-13,20-21H,2-5H2,1H3,(H,27,28)(H,32,33)(H,29,30,31). The number of fused-ring (bicyclic) bond motifs is 5. The number of nitrogens with one attached hydrogen (secondary N) is 2. The third-order valence-corrected chi connectivity index (χ3v) is 7.45. The summed E-state index contributed by atoms with van der Waals surface area (Å²) in [5.41, 5.74) is 1.81. The fourth-order valence-electron chi connectivity index (χ4n) is 5.80. The Bertz CT molecular complexity index is 1410. The van der Waals surface area contributed by atoms with Gasteiger partial charge in [0.25, 0.3) is 0 Å². The largest absolute Gasteiger partial charge is 0.497 e. The molecule has 0 radical (unpaired) electrons. The molecule has 2 bridgehead atoms. The molecule has 3 aromatic heterocycles. The summed E-state index contributed by atoms with van der Waals surface area (Å²) in [7, 11) is 1.59. The second kappa shape index (κ2) is 7.93. The number of nitrogens with zero attached hydrogens (tertiary/aromatic N) is 3. The quantitative estimate of drug-likeness (QED) is 0.397. The third-order valence-electron chi connectivity index (χ3n) is 7.45. The number of ether oxygens (including phenoxy) is 1. The van der Waals surface area contributed by atoms with Gasteiger partial charge in [-0.15, -0.1) is 0 Å². The van der Waals surface area contributed by atoms with Gasteiger partial charge < -0.3 is 20.1 Å². The number of carboxylic acid groups (broad SMARTS) is 1. The Kier molecular flexibility index (Phi) is 4.86. The van der Waals surface area contributed by atoms with Gasteiger partial charge in [0.2, 0.25) is 0 Å². The molecule has 9 heteroatoms. The highest BCUT2D eigenvalue weighted by Crippen LogP contribution is 2.46. The first-order chi connectivity index (χ1) is 16.5. The minimum atomic E-state index is -0.759. The molecule has 0 aliphatic heterocycles. The number of carbonyl (C=O) groups is 1. The molecule has 174 valence electrons. The van der Waals surface area contributed by atoms with E-state index < -0.39 is 17.7 Å². The molecule has 0 amide bonds. The van der Waals surface area contributed by atoms with E-state index in [2.05, 4.69) is 15.3 Å². The predicted molar refractivity (Wildman–Crippen MR) is 125 cm³/mol. The van der Waals surface area contributed by atoms with Crippen molar-refractivity contribution in [3.8, 4) is 17.1 Å². The number of aromatic amines is 1. The summed E-state index contributed by atoms with van der Waals surface area (Å²) >= 11 is 0. The van der Waals surface area contributed by atoms with Gasteiger partial charge >= 0.3 is 5.97 Å². The van der Waals surface area contributed by atoms with Crippen LogP contribution in [0.1, 0.15) is 25.7 Å². The number of rotatable bonds is 5. The summed E-state index contributed by atoms with van der Waals surface area (Å²) in [6, 6.07) is 6.74. The Balaban J connectivity index is 1.50. The monoisotopic (exact) mass is 461 g/mol. The summed E-state index contributed by atoms with van der Waals surface area (Å²) < 4.78 is 19.3. The molecule has 3 saturated carbocycles. The fourth-order valence-corrected chi connectivity index (χ4v) is 5.80. The number of hydrogen-bond donors (Lipinski definition) is 3. The Labute approximate surface area is 194 Å². The summed E-state index contributed by atoms with van der Waals surface area (Å²) in [6.07, 6.45) is 6.82. The first-order valence-corrected chi connectivity index (χ1v) is 11.5. The number of methoxy groups -OCH3 is 1. The Morgan fingerprint density at radius 2 is 1.94 bits per heavy atom. The maximum atomic E-state index is 14.0. The van der Waals surface area contributed by atoms with Crippen molar-refractivity contribution in [2.24, 2.45) is 17.8 Å². The van der Waals surface area contributed by atoms with Crippen LogP contribution in [0, 0.1) is 23.6 Å². The molecule has 0 spiro atoms. The van der Waals surface area contributed by atoms with Crippen molar-refractivity contribution in [3.63, 3.8) is 0 Å². The van der Waals surface area contributed by atoms with Crippen LogP contribution in [0.5, 0.6) is 5.75 Å². The normalized spacial score (nSPS) is 23.9. The summed E-state index contributed by atoms with van der Waals surface area (Å²) in [5.74, 6) is 0.418. The number of carboxylic acids is 1. The van der Waals surface area contributed by atoms with Gasteiger partial charge in [0, 0.05) is 34.6 Å². The molecule has 3 aliphatic rings. The zero-order chi connectivity index (χ0) is 23.4. The van der Waals surface area contributed by atoms with Gasteiger partial charge in [0.1, 0.15) is 23.0 Å². The minimum absolute atomic E-state index is 0.176. The maximum Gasteiger partial charge on any atom is 0.308 e. The van der Waals surface area contributed by atoms with E-state index in [0.29, 0.717) is 39.5 Å². The van der Waals surface area contributed by atoms with E-state index in [1.54, 1.807) is 13.3 Å². The third kappa shape index (κ3) is 3.34. The second-order valence-corrected chi connectivity index (χ2v) is 9.24. The van der Waals surface area contributed by atoms with Crippen molar-refractivity contribution in [3.05, 3.63) is 42.5 Å². The van der Waals surface area contributed by atoms with Gasteiger partial charge in [-0.05, 0) is 55.7 Å². The molecule has 1 aromatic carbocycles. The highest BCUT2D eigenvalue weighted by molar-refractivity contribution is 5.96. The number of hydrogen-bond acceptors (Lipinski definition) is 6. The zero-order valence-corrected chi connectivity index (χ0v) is 18.6. The number of pyridine rings is 1. The predicted octanol–water partition coefficient (Wildman–Crippen LogP) is 4.62. The summed E-state index contributed by atoms with van der Waals surface area (Å²) in [6.45, 7) is 0. The number of benzene rings is 1. The van der Waals surface area contributed by atoms with Gasteiger partial charge in [-0.25, -0.2) is 19.3 Å². The summed E-state index contributed by atoms with van der Waals surface area (Å²) in [5, 5.41) is 14.9. The van der Waals surface area contributed by atoms with Crippen LogP contribution < -0.4 is 10.1 Å². The zero-order valence-electron chi connectivity index (χ0n) is 18.6. The van der Waals surface area contributed by atoms with Crippen LogP contribution in [0.15, 0.2) is 36.7 Å². The average molecular weight is 461 g/mol. The van der Waals surface area contributed by atoms with Crippen LogP contribution in [0.25, 0.3) is 33.3 Å². The number of anilines is 1. The molecule has 2 atom stereocenters. The average Bonchev–Trinajstić information content (AvgIpc) is 3.27. The molecule has 3 heterocycles.